The first-order chi connectivity index (χ1) is 11.4. The number of sulfone groups is 1. The Labute approximate surface area is 145 Å². The molecule has 0 saturated carbocycles. The SMILES string of the molecule is O=C(Nc1cc(N2CCOCC2)ccc1Cl)N[C@@H]1C=CS(=O)(=O)C1. The molecule has 1 aromatic rings. The summed E-state index contributed by atoms with van der Waals surface area (Å²) >= 11 is 6.15. The molecule has 7 nitrogen and oxygen atoms in total. The molecule has 1 atom stereocenters. The highest BCUT2D eigenvalue weighted by Crippen LogP contribution is 2.28. The third-order valence-corrected chi connectivity index (χ3v) is 5.55. The molecule has 9 heteroatoms. The van der Waals surface area contributed by atoms with Gasteiger partial charge in [-0.15, -0.1) is 0 Å². The van der Waals surface area contributed by atoms with E-state index in [1.54, 1.807) is 12.1 Å². The molecule has 0 spiro atoms. The van der Waals surface area contributed by atoms with E-state index in [-0.39, 0.29) is 5.75 Å². The first-order valence-corrected chi connectivity index (χ1v) is 9.63. The van der Waals surface area contributed by atoms with Gasteiger partial charge < -0.3 is 20.3 Å². The van der Waals surface area contributed by atoms with Gasteiger partial charge in [0.05, 0.1) is 35.7 Å². The normalized spacial score (nSPS) is 22.4. The smallest absolute Gasteiger partial charge is 0.319 e. The molecule has 3 rings (SSSR count). The molecule has 130 valence electrons. The summed E-state index contributed by atoms with van der Waals surface area (Å²) in [6, 6.07) is 4.39. The Kier molecular flexibility index (Phi) is 4.98. The molecule has 2 heterocycles. The van der Waals surface area contributed by atoms with Crippen LogP contribution in [0.5, 0.6) is 0 Å². The van der Waals surface area contributed by atoms with Gasteiger partial charge in [0.25, 0.3) is 0 Å². The van der Waals surface area contributed by atoms with E-state index in [0.717, 1.165) is 24.2 Å². The van der Waals surface area contributed by atoms with E-state index < -0.39 is 21.9 Å². The molecule has 0 unspecified atom stereocenters. The number of nitrogens with zero attached hydrogens (tertiary/aromatic N) is 1. The number of hydrogen-bond donors (Lipinski definition) is 2. The average Bonchev–Trinajstić information content (AvgIpc) is 2.89. The second kappa shape index (κ2) is 7.00. The topological polar surface area (TPSA) is 87.7 Å². The summed E-state index contributed by atoms with van der Waals surface area (Å²) in [7, 11) is -3.21. The number of ether oxygens (including phenoxy) is 1. The van der Waals surface area contributed by atoms with Crippen LogP contribution in [-0.2, 0) is 14.6 Å². The van der Waals surface area contributed by atoms with E-state index in [9.17, 15) is 13.2 Å². The Morgan fingerprint density at radius 3 is 2.71 bits per heavy atom. The summed E-state index contributed by atoms with van der Waals surface area (Å²) in [4.78, 5) is 14.2. The Bertz CT molecular complexity index is 760. The number of amides is 2. The first kappa shape index (κ1) is 17.1. The Morgan fingerprint density at radius 1 is 1.29 bits per heavy atom. The second-order valence-electron chi connectivity index (χ2n) is 5.63. The molecule has 1 saturated heterocycles. The Balaban J connectivity index is 1.65. The molecule has 1 fully saturated rings. The number of halogens is 1. The van der Waals surface area contributed by atoms with Crippen LogP contribution >= 0.6 is 11.6 Å². The van der Waals surface area contributed by atoms with E-state index in [1.807, 2.05) is 6.07 Å². The van der Waals surface area contributed by atoms with Gasteiger partial charge in [-0.1, -0.05) is 11.6 Å². The van der Waals surface area contributed by atoms with Gasteiger partial charge in [-0.2, -0.15) is 0 Å². The molecule has 2 N–H and O–H groups in total. The lowest BCUT2D eigenvalue weighted by molar-refractivity contribution is 0.122. The Morgan fingerprint density at radius 2 is 2.04 bits per heavy atom. The van der Waals surface area contributed by atoms with Crippen molar-refractivity contribution >= 4 is 38.8 Å². The summed E-state index contributed by atoms with van der Waals surface area (Å²) < 4.78 is 28.0. The van der Waals surface area contributed by atoms with Gasteiger partial charge in [-0.25, -0.2) is 13.2 Å². The van der Waals surface area contributed by atoms with Crippen LogP contribution in [0.15, 0.2) is 29.7 Å². The first-order valence-electron chi connectivity index (χ1n) is 7.54. The highest BCUT2D eigenvalue weighted by atomic mass is 35.5. The number of nitrogens with one attached hydrogen (secondary N) is 2. The molecule has 0 radical (unpaired) electrons. The fraction of sp³-hybridized carbons (Fsp3) is 0.400. The van der Waals surface area contributed by atoms with Crippen molar-refractivity contribution < 1.29 is 17.9 Å². The maximum Gasteiger partial charge on any atom is 0.319 e. The van der Waals surface area contributed by atoms with E-state index in [4.69, 9.17) is 16.3 Å². The number of benzene rings is 1. The second-order valence-corrected chi connectivity index (χ2v) is 7.97. The third-order valence-electron chi connectivity index (χ3n) is 3.82. The van der Waals surface area contributed by atoms with Crippen LogP contribution in [0.1, 0.15) is 0 Å². The van der Waals surface area contributed by atoms with Crippen molar-refractivity contribution in [2.24, 2.45) is 0 Å². The summed E-state index contributed by atoms with van der Waals surface area (Å²) in [5.74, 6) is -0.123. The van der Waals surface area contributed by atoms with Gasteiger partial charge in [0.1, 0.15) is 0 Å². The zero-order chi connectivity index (χ0) is 17.2. The van der Waals surface area contributed by atoms with Crippen LogP contribution in [0.25, 0.3) is 0 Å². The maximum atomic E-state index is 12.1. The zero-order valence-corrected chi connectivity index (χ0v) is 14.4. The Hall–Kier alpha value is -1.77. The van der Waals surface area contributed by atoms with Crippen LogP contribution in [-0.4, -0.2) is 52.5 Å². The van der Waals surface area contributed by atoms with Crippen LogP contribution in [0.3, 0.4) is 0 Å². The molecular weight excluding hydrogens is 354 g/mol. The summed E-state index contributed by atoms with van der Waals surface area (Å²) in [6.07, 6.45) is 1.46. The fourth-order valence-electron chi connectivity index (χ4n) is 2.62. The predicted octanol–water partition coefficient (Wildman–Crippen LogP) is 1.61. The highest BCUT2D eigenvalue weighted by Gasteiger charge is 2.23. The lowest BCUT2D eigenvalue weighted by atomic mass is 10.2. The van der Waals surface area contributed by atoms with Crippen LogP contribution < -0.4 is 15.5 Å². The minimum atomic E-state index is -3.21. The van der Waals surface area contributed by atoms with E-state index in [2.05, 4.69) is 15.5 Å². The lowest BCUT2D eigenvalue weighted by Gasteiger charge is -2.29. The van der Waals surface area contributed by atoms with Crippen molar-refractivity contribution in [2.45, 2.75) is 6.04 Å². The van der Waals surface area contributed by atoms with E-state index in [0.29, 0.717) is 23.9 Å². The standard InChI is InChI=1S/C15H18ClN3O4S/c16-13-2-1-12(19-4-6-23-7-5-19)9-14(13)18-15(20)17-11-3-8-24(21,22)10-11/h1-3,8-9,11H,4-7,10H2,(H2,17,18,20)/t11-/m1/s1. The van der Waals surface area contributed by atoms with Crippen molar-refractivity contribution in [3.05, 3.63) is 34.7 Å². The third kappa shape index (κ3) is 4.19. The quantitative estimate of drug-likeness (QED) is 0.842. The number of hydrogen-bond acceptors (Lipinski definition) is 5. The summed E-state index contributed by atoms with van der Waals surface area (Å²) in [5, 5.41) is 6.80. The number of anilines is 2. The van der Waals surface area contributed by atoms with E-state index >= 15 is 0 Å². The lowest BCUT2D eigenvalue weighted by Crippen LogP contribution is -2.38. The molecule has 2 aliphatic rings. The number of morpholine rings is 1. The number of rotatable bonds is 3. The number of carbonyl (C=O) groups excluding carboxylic acids is 1. The molecule has 0 bridgehead atoms. The largest absolute Gasteiger partial charge is 0.378 e. The summed E-state index contributed by atoms with van der Waals surface area (Å²) in [5.41, 5.74) is 1.42. The number of urea groups is 1. The predicted molar refractivity (Wildman–Crippen MR) is 93.4 cm³/mol. The molecule has 24 heavy (non-hydrogen) atoms. The zero-order valence-electron chi connectivity index (χ0n) is 12.9. The van der Waals surface area contributed by atoms with Crippen molar-refractivity contribution in [1.82, 2.24) is 5.32 Å². The van der Waals surface area contributed by atoms with Gasteiger partial charge in [0.15, 0.2) is 9.84 Å². The monoisotopic (exact) mass is 371 g/mol. The van der Waals surface area contributed by atoms with Crippen molar-refractivity contribution in [3.8, 4) is 0 Å². The molecule has 2 amide bonds. The summed E-state index contributed by atoms with van der Waals surface area (Å²) in [6.45, 7) is 2.87. The van der Waals surface area contributed by atoms with Gasteiger partial charge >= 0.3 is 6.03 Å². The molecular formula is C15H18ClN3O4S. The molecule has 0 aliphatic carbocycles. The van der Waals surface area contributed by atoms with Gasteiger partial charge in [-0.05, 0) is 24.3 Å². The van der Waals surface area contributed by atoms with Crippen LogP contribution in [0.4, 0.5) is 16.2 Å². The van der Waals surface area contributed by atoms with Crippen LogP contribution in [0.2, 0.25) is 5.02 Å². The molecule has 2 aliphatic heterocycles. The minimum Gasteiger partial charge on any atom is -0.378 e. The van der Waals surface area contributed by atoms with Crippen molar-refractivity contribution in [2.75, 3.05) is 42.3 Å². The van der Waals surface area contributed by atoms with Gasteiger partial charge in [0.2, 0.25) is 0 Å². The molecule has 1 aromatic carbocycles. The molecule has 0 aromatic heterocycles. The minimum absolute atomic E-state index is 0.123. The highest BCUT2D eigenvalue weighted by molar-refractivity contribution is 7.94. The maximum absolute atomic E-state index is 12.1. The van der Waals surface area contributed by atoms with Crippen LogP contribution in [0, 0.1) is 0 Å². The average molecular weight is 372 g/mol. The van der Waals surface area contributed by atoms with Crippen molar-refractivity contribution in [3.63, 3.8) is 0 Å². The fourth-order valence-corrected chi connectivity index (χ4v) is 4.02. The number of carbonyl (C=O) groups is 1. The van der Waals surface area contributed by atoms with Gasteiger partial charge in [-0.3, -0.25) is 0 Å². The van der Waals surface area contributed by atoms with Crippen molar-refractivity contribution in [1.29, 1.82) is 0 Å². The van der Waals surface area contributed by atoms with Gasteiger partial charge in [0, 0.05) is 24.2 Å². The van der Waals surface area contributed by atoms with E-state index in [1.165, 1.54) is 6.08 Å².